The zero-order valence-electron chi connectivity index (χ0n) is 11.3. The topological polar surface area (TPSA) is 41.5 Å². The van der Waals surface area contributed by atoms with Gasteiger partial charge < -0.3 is 5.32 Å². The third kappa shape index (κ3) is 3.61. The maximum Gasteiger partial charge on any atom is 0.264 e. The first kappa shape index (κ1) is 13.6. The van der Waals surface area contributed by atoms with Gasteiger partial charge in [0.05, 0.1) is 11.4 Å². The Bertz CT molecular complexity index is 693. The molecule has 0 unspecified atom stereocenters. The molecule has 0 bridgehead atoms. The van der Waals surface area contributed by atoms with Crippen molar-refractivity contribution in [3.05, 3.63) is 76.7 Å². The minimum absolute atomic E-state index is 0.0873. The van der Waals surface area contributed by atoms with Gasteiger partial charge in [0, 0.05) is 0 Å². The Hall–Kier alpha value is -2.33. The van der Waals surface area contributed by atoms with Crippen LogP contribution in [0.25, 0.3) is 6.08 Å². The summed E-state index contributed by atoms with van der Waals surface area (Å²) in [5, 5.41) is 3.46. The van der Waals surface area contributed by atoms with Gasteiger partial charge in [0.15, 0.2) is 5.17 Å². The van der Waals surface area contributed by atoms with Gasteiger partial charge >= 0.3 is 0 Å². The second-order valence-electron chi connectivity index (χ2n) is 4.58. The number of hydrogen-bond donors (Lipinski definition) is 1. The van der Waals surface area contributed by atoms with Crippen molar-refractivity contribution in [1.82, 2.24) is 5.32 Å². The van der Waals surface area contributed by atoms with Gasteiger partial charge in [-0.05, 0) is 29.0 Å². The van der Waals surface area contributed by atoms with Crippen molar-refractivity contribution >= 4 is 28.9 Å². The van der Waals surface area contributed by atoms with Crippen molar-refractivity contribution in [3.63, 3.8) is 0 Å². The molecule has 0 spiro atoms. The zero-order valence-corrected chi connectivity index (χ0v) is 12.1. The number of hydrogen-bond acceptors (Lipinski definition) is 3. The molecule has 0 atom stereocenters. The number of amides is 1. The van der Waals surface area contributed by atoms with E-state index in [0.29, 0.717) is 16.6 Å². The fourth-order valence-corrected chi connectivity index (χ4v) is 2.77. The van der Waals surface area contributed by atoms with Crippen molar-refractivity contribution in [2.75, 3.05) is 0 Å². The second-order valence-corrected chi connectivity index (χ2v) is 5.61. The summed E-state index contributed by atoms with van der Waals surface area (Å²) in [6, 6.07) is 19.8. The lowest BCUT2D eigenvalue weighted by Crippen LogP contribution is -2.19. The molecule has 104 valence electrons. The molecule has 1 N–H and O–H groups in total. The van der Waals surface area contributed by atoms with Crippen molar-refractivity contribution < 1.29 is 4.79 Å². The van der Waals surface area contributed by atoms with E-state index in [-0.39, 0.29) is 5.91 Å². The number of rotatable bonds is 3. The summed E-state index contributed by atoms with van der Waals surface area (Å²) in [6.07, 6.45) is 1.88. The molecule has 21 heavy (non-hydrogen) atoms. The van der Waals surface area contributed by atoms with Gasteiger partial charge in [0.1, 0.15) is 0 Å². The average Bonchev–Trinajstić information content (AvgIpc) is 2.87. The molecule has 0 saturated carbocycles. The monoisotopic (exact) mass is 294 g/mol. The third-order valence-corrected chi connectivity index (χ3v) is 3.94. The Morgan fingerprint density at radius 2 is 1.67 bits per heavy atom. The molecule has 1 fully saturated rings. The molecule has 3 rings (SSSR count). The van der Waals surface area contributed by atoms with Crippen LogP contribution in [-0.4, -0.2) is 11.1 Å². The molecule has 4 heteroatoms. The van der Waals surface area contributed by atoms with E-state index in [1.54, 1.807) is 0 Å². The molecule has 0 aromatic heterocycles. The minimum atomic E-state index is -0.0873. The number of carbonyl (C=O) groups is 1. The predicted molar refractivity (Wildman–Crippen MR) is 87.7 cm³/mol. The van der Waals surface area contributed by atoms with Crippen LogP contribution in [0.5, 0.6) is 0 Å². The molecule has 3 nitrogen and oxygen atoms in total. The Labute approximate surface area is 127 Å². The Kier molecular flexibility index (Phi) is 4.17. The Morgan fingerprint density at radius 3 is 2.38 bits per heavy atom. The van der Waals surface area contributed by atoms with E-state index in [1.165, 1.54) is 11.8 Å². The maximum atomic E-state index is 11.9. The lowest BCUT2D eigenvalue weighted by molar-refractivity contribution is -0.115. The molecule has 2 aromatic rings. The SMILES string of the molecule is O=C1NC(=NCc2ccccc2)S/C1=C/c1ccccc1. The predicted octanol–water partition coefficient (Wildman–Crippen LogP) is 3.45. The van der Waals surface area contributed by atoms with Crippen LogP contribution in [0, 0.1) is 0 Å². The quantitative estimate of drug-likeness (QED) is 0.881. The molecular weight excluding hydrogens is 280 g/mol. The lowest BCUT2D eigenvalue weighted by Gasteiger charge is -1.96. The van der Waals surface area contributed by atoms with Gasteiger partial charge in [-0.3, -0.25) is 9.79 Å². The summed E-state index contributed by atoms with van der Waals surface area (Å²) in [5.41, 5.74) is 2.14. The van der Waals surface area contributed by atoms with E-state index in [0.717, 1.165) is 11.1 Å². The van der Waals surface area contributed by atoms with E-state index in [4.69, 9.17) is 0 Å². The highest BCUT2D eigenvalue weighted by molar-refractivity contribution is 8.18. The lowest BCUT2D eigenvalue weighted by atomic mass is 10.2. The minimum Gasteiger partial charge on any atom is -0.301 e. The normalized spacial score (nSPS) is 18.2. The molecule has 1 saturated heterocycles. The summed E-state index contributed by atoms with van der Waals surface area (Å²) in [6.45, 7) is 0.571. The average molecular weight is 294 g/mol. The Balaban J connectivity index is 1.71. The van der Waals surface area contributed by atoms with E-state index in [1.807, 2.05) is 66.7 Å². The van der Waals surface area contributed by atoms with Gasteiger partial charge in [0.2, 0.25) is 0 Å². The summed E-state index contributed by atoms with van der Waals surface area (Å²) in [7, 11) is 0. The van der Waals surface area contributed by atoms with E-state index < -0.39 is 0 Å². The van der Waals surface area contributed by atoms with Crippen molar-refractivity contribution in [2.45, 2.75) is 6.54 Å². The number of thioether (sulfide) groups is 1. The largest absolute Gasteiger partial charge is 0.301 e. The van der Waals surface area contributed by atoms with Crippen LogP contribution in [0.4, 0.5) is 0 Å². The summed E-state index contributed by atoms with van der Waals surface area (Å²) < 4.78 is 0. The fourth-order valence-electron chi connectivity index (χ4n) is 1.95. The molecule has 1 amide bonds. The second kappa shape index (κ2) is 6.41. The maximum absolute atomic E-state index is 11.9. The third-order valence-electron chi connectivity index (χ3n) is 3.00. The van der Waals surface area contributed by atoms with Gasteiger partial charge in [0.25, 0.3) is 5.91 Å². The van der Waals surface area contributed by atoms with Crippen molar-refractivity contribution in [1.29, 1.82) is 0 Å². The van der Waals surface area contributed by atoms with Crippen LogP contribution in [0.15, 0.2) is 70.6 Å². The number of carbonyl (C=O) groups excluding carboxylic acids is 1. The number of aliphatic imine (C=N–C) groups is 1. The van der Waals surface area contributed by atoms with Crippen LogP contribution in [0.1, 0.15) is 11.1 Å². The first-order valence-electron chi connectivity index (χ1n) is 6.65. The zero-order chi connectivity index (χ0) is 14.5. The van der Waals surface area contributed by atoms with Crippen LogP contribution >= 0.6 is 11.8 Å². The summed E-state index contributed by atoms with van der Waals surface area (Å²) >= 11 is 1.38. The van der Waals surface area contributed by atoms with Crippen molar-refractivity contribution in [3.8, 4) is 0 Å². The van der Waals surface area contributed by atoms with Crippen LogP contribution < -0.4 is 5.32 Å². The fraction of sp³-hybridized carbons (Fsp3) is 0.0588. The first-order chi connectivity index (χ1) is 10.3. The number of nitrogens with zero attached hydrogens (tertiary/aromatic N) is 1. The molecular formula is C17H14N2OS. The molecule has 0 aliphatic carbocycles. The van der Waals surface area contributed by atoms with E-state index >= 15 is 0 Å². The van der Waals surface area contributed by atoms with Gasteiger partial charge in [-0.25, -0.2) is 0 Å². The van der Waals surface area contributed by atoms with Gasteiger partial charge in [-0.15, -0.1) is 0 Å². The molecule has 2 aromatic carbocycles. The van der Waals surface area contributed by atoms with Crippen LogP contribution in [-0.2, 0) is 11.3 Å². The highest BCUT2D eigenvalue weighted by Crippen LogP contribution is 2.26. The number of amidine groups is 1. The van der Waals surface area contributed by atoms with Crippen molar-refractivity contribution in [2.24, 2.45) is 4.99 Å². The standard InChI is InChI=1S/C17H14N2OS/c20-16-15(11-13-7-3-1-4-8-13)21-17(19-16)18-12-14-9-5-2-6-10-14/h1-11H,12H2,(H,18,19,20)/b15-11+. The van der Waals surface area contributed by atoms with Gasteiger partial charge in [-0.1, -0.05) is 60.7 Å². The number of nitrogens with one attached hydrogen (secondary N) is 1. The Morgan fingerprint density at radius 1 is 1.00 bits per heavy atom. The molecule has 1 aliphatic rings. The summed E-state index contributed by atoms with van der Waals surface area (Å²) in [5.74, 6) is -0.0873. The first-order valence-corrected chi connectivity index (χ1v) is 7.47. The summed E-state index contributed by atoms with van der Waals surface area (Å²) in [4.78, 5) is 17.0. The van der Waals surface area contributed by atoms with E-state index in [2.05, 4.69) is 10.3 Å². The molecule has 1 heterocycles. The highest BCUT2D eigenvalue weighted by Gasteiger charge is 2.23. The molecule has 1 aliphatic heterocycles. The molecule has 0 radical (unpaired) electrons. The van der Waals surface area contributed by atoms with E-state index in [9.17, 15) is 4.79 Å². The smallest absolute Gasteiger partial charge is 0.264 e. The highest BCUT2D eigenvalue weighted by atomic mass is 32.2. The number of benzene rings is 2. The van der Waals surface area contributed by atoms with Crippen LogP contribution in [0.3, 0.4) is 0 Å². The van der Waals surface area contributed by atoms with Crippen LogP contribution in [0.2, 0.25) is 0 Å². The van der Waals surface area contributed by atoms with Gasteiger partial charge in [-0.2, -0.15) is 0 Å².